The van der Waals surface area contributed by atoms with E-state index in [1.54, 1.807) is 12.1 Å². The van der Waals surface area contributed by atoms with Crippen LogP contribution in [0.4, 0.5) is 0 Å². The topological polar surface area (TPSA) is 17.1 Å². The molecule has 0 saturated heterocycles. The van der Waals surface area contributed by atoms with Crippen molar-refractivity contribution in [2.45, 2.75) is 19.3 Å². The van der Waals surface area contributed by atoms with Gasteiger partial charge in [0.05, 0.1) is 0 Å². The van der Waals surface area contributed by atoms with Crippen molar-refractivity contribution in [1.82, 2.24) is 0 Å². The van der Waals surface area contributed by atoms with Crippen LogP contribution >= 0.6 is 27.5 Å². The van der Waals surface area contributed by atoms with Crippen LogP contribution in [0.25, 0.3) is 0 Å². The first-order chi connectivity index (χ1) is 9.15. The highest BCUT2D eigenvalue weighted by atomic mass is 79.9. The molecule has 98 valence electrons. The highest BCUT2D eigenvalue weighted by Crippen LogP contribution is 2.21. The Kier molecular flexibility index (Phi) is 5.17. The predicted octanol–water partition coefficient (Wildman–Crippen LogP) is 5.31. The van der Waals surface area contributed by atoms with Crippen LogP contribution in [0.3, 0.4) is 0 Å². The number of hydrogen-bond acceptors (Lipinski definition) is 1. The summed E-state index contributed by atoms with van der Waals surface area (Å²) in [7, 11) is 0. The van der Waals surface area contributed by atoms with Gasteiger partial charge in [-0.15, -0.1) is 0 Å². The lowest BCUT2D eigenvalue weighted by Crippen LogP contribution is -2.00. The Morgan fingerprint density at radius 2 is 1.84 bits per heavy atom. The lowest BCUT2D eigenvalue weighted by atomic mass is 10.0. The maximum Gasteiger partial charge on any atom is 0.162 e. The summed E-state index contributed by atoms with van der Waals surface area (Å²) in [5.41, 5.74) is 1.94. The Labute approximate surface area is 126 Å². The second-order valence-electron chi connectivity index (χ2n) is 4.42. The molecule has 19 heavy (non-hydrogen) atoms. The van der Waals surface area contributed by atoms with Gasteiger partial charge in [0, 0.05) is 21.5 Å². The van der Waals surface area contributed by atoms with Gasteiger partial charge in [-0.05, 0) is 36.6 Å². The summed E-state index contributed by atoms with van der Waals surface area (Å²) in [6.07, 6.45) is 2.32. The molecule has 2 rings (SSSR count). The van der Waals surface area contributed by atoms with E-state index < -0.39 is 0 Å². The molecule has 0 spiro atoms. The molecule has 0 aromatic heterocycles. The Bertz CT molecular complexity index is 546. The number of aryl methyl sites for hydroxylation is 1. The fourth-order valence-corrected chi connectivity index (χ4v) is 2.82. The lowest BCUT2D eigenvalue weighted by molar-refractivity contribution is 0.0980. The summed E-state index contributed by atoms with van der Waals surface area (Å²) < 4.78 is 0.839. The Balaban J connectivity index is 1.91. The van der Waals surface area contributed by atoms with Crippen LogP contribution in [0.1, 0.15) is 28.8 Å². The van der Waals surface area contributed by atoms with Crippen molar-refractivity contribution >= 4 is 33.3 Å². The Morgan fingerprint density at radius 3 is 2.53 bits per heavy atom. The average molecular weight is 338 g/mol. The molecule has 0 heterocycles. The van der Waals surface area contributed by atoms with Crippen LogP contribution < -0.4 is 0 Å². The summed E-state index contributed by atoms with van der Waals surface area (Å²) in [5, 5.41) is 0.584. The first kappa shape index (κ1) is 14.3. The van der Waals surface area contributed by atoms with Gasteiger partial charge in [0.15, 0.2) is 5.78 Å². The molecule has 3 heteroatoms. The van der Waals surface area contributed by atoms with E-state index >= 15 is 0 Å². The Morgan fingerprint density at radius 1 is 1.11 bits per heavy atom. The molecule has 1 nitrogen and oxygen atoms in total. The van der Waals surface area contributed by atoms with Gasteiger partial charge in [0.25, 0.3) is 0 Å². The van der Waals surface area contributed by atoms with E-state index in [0.29, 0.717) is 17.0 Å². The van der Waals surface area contributed by atoms with Crippen LogP contribution in [0.2, 0.25) is 5.02 Å². The molecule has 0 saturated carbocycles. The number of ketones is 1. The van der Waals surface area contributed by atoms with Crippen molar-refractivity contribution in [3.63, 3.8) is 0 Å². The number of benzene rings is 2. The van der Waals surface area contributed by atoms with Crippen LogP contribution in [-0.4, -0.2) is 5.78 Å². The fraction of sp³-hybridized carbons (Fsp3) is 0.188. The van der Waals surface area contributed by atoms with Crippen LogP contribution in [-0.2, 0) is 6.42 Å². The molecular weight excluding hydrogens is 324 g/mol. The third kappa shape index (κ3) is 4.48. The molecule has 0 aliphatic heterocycles. The smallest absolute Gasteiger partial charge is 0.162 e. The highest BCUT2D eigenvalue weighted by molar-refractivity contribution is 9.10. The first-order valence-electron chi connectivity index (χ1n) is 6.18. The predicted molar refractivity (Wildman–Crippen MR) is 82.9 cm³/mol. The summed E-state index contributed by atoms with van der Waals surface area (Å²) in [6.45, 7) is 0. The molecule has 0 aliphatic carbocycles. The van der Waals surface area contributed by atoms with Gasteiger partial charge in [0.1, 0.15) is 0 Å². The number of carbonyl (C=O) groups excluding carboxylic acids is 1. The minimum Gasteiger partial charge on any atom is -0.294 e. The number of Topliss-reactive ketones (excluding diaryl/α,β-unsaturated/α-hetero) is 1. The van der Waals surface area contributed by atoms with Gasteiger partial charge in [0.2, 0.25) is 0 Å². The van der Waals surface area contributed by atoms with Crippen LogP contribution in [0.5, 0.6) is 0 Å². The maximum absolute atomic E-state index is 12.1. The third-order valence-electron chi connectivity index (χ3n) is 2.90. The fourth-order valence-electron chi connectivity index (χ4n) is 1.96. The largest absolute Gasteiger partial charge is 0.294 e. The maximum atomic E-state index is 12.1. The van der Waals surface area contributed by atoms with E-state index in [4.69, 9.17) is 11.6 Å². The molecule has 2 aromatic rings. The minimum absolute atomic E-state index is 0.138. The molecule has 0 fully saturated rings. The van der Waals surface area contributed by atoms with Gasteiger partial charge < -0.3 is 0 Å². The minimum atomic E-state index is 0.138. The van der Waals surface area contributed by atoms with Gasteiger partial charge in [-0.3, -0.25) is 4.79 Å². The molecular formula is C16H14BrClO. The molecule has 0 N–H and O–H groups in total. The van der Waals surface area contributed by atoms with Gasteiger partial charge in [-0.1, -0.05) is 57.9 Å². The second-order valence-corrected chi connectivity index (χ2v) is 5.77. The molecule has 0 amide bonds. The molecule has 0 atom stereocenters. The molecule has 0 bridgehead atoms. The van der Waals surface area contributed by atoms with Crippen molar-refractivity contribution in [2.75, 3.05) is 0 Å². The molecule has 0 unspecified atom stereocenters. The van der Waals surface area contributed by atoms with E-state index in [-0.39, 0.29) is 5.78 Å². The molecule has 2 aromatic carbocycles. The standard InChI is InChI=1S/C16H14BrClO/c17-14-9-13(10-15(18)11-14)16(19)8-4-7-12-5-2-1-3-6-12/h1-3,5-6,9-11H,4,7-8H2. The number of halogens is 2. The van der Waals surface area contributed by atoms with Gasteiger partial charge >= 0.3 is 0 Å². The number of hydrogen-bond donors (Lipinski definition) is 0. The van der Waals surface area contributed by atoms with Gasteiger partial charge in [-0.25, -0.2) is 0 Å². The summed E-state index contributed by atoms with van der Waals surface area (Å²) in [6, 6.07) is 15.5. The monoisotopic (exact) mass is 336 g/mol. The Hall–Kier alpha value is -1.12. The lowest BCUT2D eigenvalue weighted by Gasteiger charge is -2.03. The summed E-state index contributed by atoms with van der Waals surface area (Å²) in [5.74, 6) is 0.138. The highest BCUT2D eigenvalue weighted by Gasteiger charge is 2.07. The molecule has 0 aliphatic rings. The number of rotatable bonds is 5. The quantitative estimate of drug-likeness (QED) is 0.676. The average Bonchev–Trinajstić information content (AvgIpc) is 2.38. The zero-order valence-electron chi connectivity index (χ0n) is 10.4. The van der Waals surface area contributed by atoms with Crippen molar-refractivity contribution < 1.29 is 4.79 Å². The second kappa shape index (κ2) is 6.88. The zero-order valence-corrected chi connectivity index (χ0v) is 12.7. The summed E-state index contributed by atoms with van der Waals surface area (Å²) in [4.78, 5) is 12.1. The summed E-state index contributed by atoms with van der Waals surface area (Å²) >= 11 is 9.29. The van der Waals surface area contributed by atoms with Crippen LogP contribution in [0, 0.1) is 0 Å². The first-order valence-corrected chi connectivity index (χ1v) is 7.35. The van der Waals surface area contributed by atoms with E-state index in [1.807, 2.05) is 24.3 Å². The van der Waals surface area contributed by atoms with Gasteiger partial charge in [-0.2, -0.15) is 0 Å². The SMILES string of the molecule is O=C(CCCc1ccccc1)c1cc(Cl)cc(Br)c1. The van der Waals surface area contributed by atoms with E-state index in [1.165, 1.54) is 5.56 Å². The van der Waals surface area contributed by atoms with Crippen molar-refractivity contribution in [2.24, 2.45) is 0 Å². The van der Waals surface area contributed by atoms with E-state index in [0.717, 1.165) is 17.3 Å². The van der Waals surface area contributed by atoms with Crippen LogP contribution in [0.15, 0.2) is 53.0 Å². The van der Waals surface area contributed by atoms with Crippen molar-refractivity contribution in [3.05, 3.63) is 69.2 Å². The van der Waals surface area contributed by atoms with Crippen molar-refractivity contribution in [1.29, 1.82) is 0 Å². The third-order valence-corrected chi connectivity index (χ3v) is 3.57. The normalized spacial score (nSPS) is 10.4. The van der Waals surface area contributed by atoms with Crippen molar-refractivity contribution in [3.8, 4) is 0 Å². The van der Waals surface area contributed by atoms with E-state index in [2.05, 4.69) is 28.1 Å². The zero-order chi connectivity index (χ0) is 13.7. The van der Waals surface area contributed by atoms with E-state index in [9.17, 15) is 4.79 Å². The molecule has 0 radical (unpaired) electrons. The number of carbonyl (C=O) groups is 1.